The van der Waals surface area contributed by atoms with Gasteiger partial charge in [0.1, 0.15) is 0 Å². The molecule has 1 fully saturated rings. The molecule has 2 heterocycles. The largest absolute Gasteiger partial charge is 0.399 e. The Balaban J connectivity index is 1.48. The van der Waals surface area contributed by atoms with E-state index in [2.05, 4.69) is 15.2 Å². The lowest BCUT2D eigenvalue weighted by atomic mass is 10.0. The van der Waals surface area contributed by atoms with Crippen LogP contribution in [0.4, 0.5) is 5.69 Å². The van der Waals surface area contributed by atoms with Crippen molar-refractivity contribution in [1.29, 1.82) is 0 Å². The van der Waals surface area contributed by atoms with Crippen LogP contribution in [0.1, 0.15) is 28.9 Å². The number of pyridine rings is 1. The third kappa shape index (κ3) is 4.29. The summed E-state index contributed by atoms with van der Waals surface area (Å²) < 4.78 is 0. The Labute approximate surface area is 136 Å². The highest BCUT2D eigenvalue weighted by Gasteiger charge is 2.21. The van der Waals surface area contributed by atoms with Crippen LogP contribution in [0, 0.1) is 0 Å². The molecule has 0 spiro atoms. The maximum atomic E-state index is 12.2. The molecule has 1 aliphatic rings. The number of rotatable bonds is 4. The number of piperidine rings is 1. The van der Waals surface area contributed by atoms with Crippen molar-refractivity contribution in [3.05, 3.63) is 59.9 Å². The predicted molar refractivity (Wildman–Crippen MR) is 90.9 cm³/mol. The molecule has 23 heavy (non-hydrogen) atoms. The van der Waals surface area contributed by atoms with Crippen LogP contribution in [-0.2, 0) is 6.54 Å². The highest BCUT2D eigenvalue weighted by Crippen LogP contribution is 2.14. The number of hydrogen-bond donors (Lipinski definition) is 2. The first-order chi connectivity index (χ1) is 11.2. The van der Waals surface area contributed by atoms with Crippen LogP contribution >= 0.6 is 0 Å². The van der Waals surface area contributed by atoms with Crippen molar-refractivity contribution in [2.24, 2.45) is 0 Å². The van der Waals surface area contributed by atoms with Crippen LogP contribution in [0.3, 0.4) is 0 Å². The number of carbonyl (C=O) groups is 1. The summed E-state index contributed by atoms with van der Waals surface area (Å²) in [7, 11) is 0. The summed E-state index contributed by atoms with van der Waals surface area (Å²) >= 11 is 0. The Morgan fingerprint density at radius 1 is 1.22 bits per heavy atom. The number of nitrogen functional groups attached to an aromatic ring is 1. The van der Waals surface area contributed by atoms with Crippen LogP contribution in [0.15, 0.2) is 48.7 Å². The molecule has 1 aromatic heterocycles. The fourth-order valence-electron chi connectivity index (χ4n) is 2.90. The summed E-state index contributed by atoms with van der Waals surface area (Å²) in [6.07, 6.45) is 3.75. The molecule has 3 N–H and O–H groups in total. The van der Waals surface area contributed by atoms with Gasteiger partial charge in [0, 0.05) is 43.1 Å². The van der Waals surface area contributed by atoms with Crippen molar-refractivity contribution in [2.45, 2.75) is 25.4 Å². The van der Waals surface area contributed by atoms with E-state index in [0.29, 0.717) is 11.3 Å². The molecule has 0 saturated carbocycles. The number of anilines is 1. The number of likely N-dealkylation sites (tertiary alicyclic amines) is 1. The number of carbonyl (C=O) groups excluding carboxylic acids is 1. The number of benzene rings is 1. The Morgan fingerprint density at radius 2 is 2.04 bits per heavy atom. The molecular weight excluding hydrogens is 288 g/mol. The zero-order valence-corrected chi connectivity index (χ0v) is 13.1. The Kier molecular flexibility index (Phi) is 4.88. The molecule has 0 atom stereocenters. The van der Waals surface area contributed by atoms with Gasteiger partial charge in [0.2, 0.25) is 0 Å². The van der Waals surface area contributed by atoms with Crippen molar-refractivity contribution >= 4 is 11.6 Å². The lowest BCUT2D eigenvalue weighted by Gasteiger charge is -2.32. The molecule has 1 aromatic carbocycles. The van der Waals surface area contributed by atoms with Crippen LogP contribution in [-0.4, -0.2) is 34.9 Å². The second kappa shape index (κ2) is 7.24. The van der Waals surface area contributed by atoms with Gasteiger partial charge in [-0.25, -0.2) is 0 Å². The van der Waals surface area contributed by atoms with Gasteiger partial charge in [-0.3, -0.25) is 14.7 Å². The fourth-order valence-corrected chi connectivity index (χ4v) is 2.90. The summed E-state index contributed by atoms with van der Waals surface area (Å²) in [5.41, 5.74) is 8.06. The second-order valence-electron chi connectivity index (χ2n) is 5.97. The van der Waals surface area contributed by atoms with E-state index >= 15 is 0 Å². The number of aromatic nitrogens is 1. The summed E-state index contributed by atoms with van der Waals surface area (Å²) in [5.74, 6) is -0.0412. The molecule has 120 valence electrons. The third-order valence-corrected chi connectivity index (χ3v) is 4.18. The Morgan fingerprint density at radius 3 is 2.74 bits per heavy atom. The van der Waals surface area contributed by atoms with Crippen LogP contribution in [0.25, 0.3) is 0 Å². The molecule has 1 aliphatic heterocycles. The molecule has 1 saturated heterocycles. The van der Waals surface area contributed by atoms with Crippen LogP contribution in [0.5, 0.6) is 0 Å². The highest BCUT2D eigenvalue weighted by molar-refractivity contribution is 5.95. The van der Waals surface area contributed by atoms with E-state index in [1.165, 1.54) is 0 Å². The van der Waals surface area contributed by atoms with E-state index < -0.39 is 0 Å². The summed E-state index contributed by atoms with van der Waals surface area (Å²) in [4.78, 5) is 19.0. The fraction of sp³-hybridized carbons (Fsp3) is 0.333. The topological polar surface area (TPSA) is 71.2 Å². The second-order valence-corrected chi connectivity index (χ2v) is 5.97. The van der Waals surface area contributed by atoms with Gasteiger partial charge in [0.05, 0.1) is 5.69 Å². The van der Waals surface area contributed by atoms with Crippen molar-refractivity contribution in [3.63, 3.8) is 0 Å². The lowest BCUT2D eigenvalue weighted by Crippen LogP contribution is -2.44. The predicted octanol–water partition coefficient (Wildman–Crippen LogP) is 2.06. The van der Waals surface area contributed by atoms with Crippen molar-refractivity contribution in [2.75, 3.05) is 18.8 Å². The number of nitrogens with one attached hydrogen (secondary N) is 1. The first kappa shape index (κ1) is 15.5. The van der Waals surface area contributed by atoms with E-state index in [0.717, 1.165) is 38.2 Å². The van der Waals surface area contributed by atoms with E-state index in [-0.39, 0.29) is 11.9 Å². The van der Waals surface area contributed by atoms with E-state index in [4.69, 9.17) is 5.73 Å². The molecule has 0 bridgehead atoms. The van der Waals surface area contributed by atoms with Crippen molar-refractivity contribution < 1.29 is 4.79 Å². The van der Waals surface area contributed by atoms with Gasteiger partial charge >= 0.3 is 0 Å². The van der Waals surface area contributed by atoms with Crippen molar-refractivity contribution in [1.82, 2.24) is 15.2 Å². The number of amides is 1. The number of nitrogens with two attached hydrogens (primary N) is 1. The smallest absolute Gasteiger partial charge is 0.251 e. The highest BCUT2D eigenvalue weighted by atomic mass is 16.1. The van der Waals surface area contributed by atoms with Crippen molar-refractivity contribution in [3.8, 4) is 0 Å². The first-order valence-corrected chi connectivity index (χ1v) is 7.99. The molecule has 0 unspecified atom stereocenters. The summed E-state index contributed by atoms with van der Waals surface area (Å²) in [6, 6.07) is 13.3. The van der Waals surface area contributed by atoms with Gasteiger partial charge < -0.3 is 11.1 Å². The first-order valence-electron chi connectivity index (χ1n) is 7.99. The Bertz CT molecular complexity index is 651. The molecule has 0 radical (unpaired) electrons. The van der Waals surface area contributed by atoms with Gasteiger partial charge in [-0.2, -0.15) is 0 Å². The van der Waals surface area contributed by atoms with Gasteiger partial charge in [0.25, 0.3) is 5.91 Å². The average molecular weight is 310 g/mol. The molecule has 5 heteroatoms. The quantitative estimate of drug-likeness (QED) is 0.848. The molecular formula is C18H22N4O. The minimum atomic E-state index is -0.0412. The summed E-state index contributed by atoms with van der Waals surface area (Å²) in [6.45, 7) is 2.81. The normalized spacial score (nSPS) is 16.2. The molecule has 5 nitrogen and oxygen atoms in total. The number of nitrogens with zero attached hydrogens (tertiary/aromatic N) is 2. The van der Waals surface area contributed by atoms with Gasteiger partial charge in [-0.1, -0.05) is 12.1 Å². The SMILES string of the molecule is Nc1cccc(C(=O)NC2CCN(Cc3ccccn3)CC2)c1. The molecule has 2 aromatic rings. The van der Waals surface area contributed by atoms with E-state index in [1.807, 2.05) is 24.4 Å². The zero-order valence-electron chi connectivity index (χ0n) is 13.1. The van der Waals surface area contributed by atoms with Crippen LogP contribution < -0.4 is 11.1 Å². The summed E-state index contributed by atoms with van der Waals surface area (Å²) in [5, 5.41) is 3.11. The van der Waals surface area contributed by atoms with E-state index in [9.17, 15) is 4.79 Å². The van der Waals surface area contributed by atoms with E-state index in [1.54, 1.807) is 24.3 Å². The zero-order chi connectivity index (χ0) is 16.1. The standard InChI is InChI=1S/C18H22N4O/c19-15-5-3-4-14(12-15)18(23)21-16-7-10-22(11-8-16)13-17-6-1-2-9-20-17/h1-6,9,12,16H,7-8,10-11,13,19H2,(H,21,23). The maximum Gasteiger partial charge on any atom is 0.251 e. The minimum Gasteiger partial charge on any atom is -0.399 e. The maximum absolute atomic E-state index is 12.2. The third-order valence-electron chi connectivity index (χ3n) is 4.18. The molecule has 1 amide bonds. The van der Waals surface area contributed by atoms with Gasteiger partial charge in [-0.05, 0) is 43.2 Å². The number of hydrogen-bond acceptors (Lipinski definition) is 4. The van der Waals surface area contributed by atoms with Crippen LogP contribution in [0.2, 0.25) is 0 Å². The van der Waals surface area contributed by atoms with Gasteiger partial charge in [0.15, 0.2) is 0 Å². The van der Waals surface area contributed by atoms with Gasteiger partial charge in [-0.15, -0.1) is 0 Å². The Hall–Kier alpha value is -2.40. The molecule has 0 aliphatic carbocycles. The average Bonchev–Trinajstić information content (AvgIpc) is 2.57. The lowest BCUT2D eigenvalue weighted by molar-refractivity contribution is 0.0908. The minimum absolute atomic E-state index is 0.0412. The molecule has 3 rings (SSSR count). The monoisotopic (exact) mass is 310 g/mol.